The summed E-state index contributed by atoms with van der Waals surface area (Å²) in [6, 6.07) is 5.47. The third-order valence-corrected chi connectivity index (χ3v) is 5.04. The summed E-state index contributed by atoms with van der Waals surface area (Å²) in [7, 11) is 0. The highest BCUT2D eigenvalue weighted by molar-refractivity contribution is 6.53. The van der Waals surface area contributed by atoms with Crippen molar-refractivity contribution in [1.29, 1.82) is 0 Å². The number of carbonyl (C=O) groups excluding carboxylic acids is 5. The van der Waals surface area contributed by atoms with Crippen LogP contribution in [0.15, 0.2) is 24.3 Å². The van der Waals surface area contributed by atoms with E-state index in [1.807, 2.05) is 0 Å². The maximum atomic E-state index is 12.9. The number of imide groups is 2. The zero-order chi connectivity index (χ0) is 24.3. The second-order valence-electron chi connectivity index (χ2n) is 8.56. The van der Waals surface area contributed by atoms with Gasteiger partial charge in [0.2, 0.25) is 5.91 Å². The molecule has 2 fully saturated rings. The standard InChI is InChI=1S/C22H28N4O7/c1-5-32-16-9-7-6-8-15(16)26-19(29)18(28)25(20(26)30)14-17(27)23-10-12-24(13-11-23)21(31)33-22(2,3)4/h6-9H,5,10-14H2,1-4H3. The van der Waals surface area contributed by atoms with Gasteiger partial charge in [-0.2, -0.15) is 0 Å². The molecular weight excluding hydrogens is 432 g/mol. The number of ether oxygens (including phenoxy) is 2. The maximum Gasteiger partial charge on any atom is 0.410 e. The molecule has 11 nitrogen and oxygen atoms in total. The topological polar surface area (TPSA) is 117 Å². The maximum absolute atomic E-state index is 12.9. The fourth-order valence-corrected chi connectivity index (χ4v) is 3.48. The van der Waals surface area contributed by atoms with Gasteiger partial charge in [0.1, 0.15) is 17.9 Å². The number of anilines is 1. The zero-order valence-corrected chi connectivity index (χ0v) is 19.2. The van der Waals surface area contributed by atoms with Crippen molar-refractivity contribution in [3.63, 3.8) is 0 Å². The molecule has 0 spiro atoms. The molecule has 2 heterocycles. The van der Waals surface area contributed by atoms with Crippen LogP contribution in [-0.4, -0.2) is 89.5 Å². The van der Waals surface area contributed by atoms with Crippen molar-refractivity contribution in [2.75, 3.05) is 44.2 Å². The number of amides is 6. The van der Waals surface area contributed by atoms with Crippen LogP contribution in [0.1, 0.15) is 27.7 Å². The Kier molecular flexibility index (Phi) is 6.89. The van der Waals surface area contributed by atoms with E-state index in [0.29, 0.717) is 11.5 Å². The van der Waals surface area contributed by atoms with Crippen molar-refractivity contribution < 1.29 is 33.4 Å². The molecule has 3 rings (SSSR count). The number of hydrogen-bond donors (Lipinski definition) is 0. The number of benzene rings is 1. The van der Waals surface area contributed by atoms with Gasteiger partial charge in [-0.05, 0) is 39.8 Å². The Morgan fingerprint density at radius 3 is 2.15 bits per heavy atom. The zero-order valence-electron chi connectivity index (χ0n) is 19.2. The first kappa shape index (κ1) is 24.0. The molecule has 0 aliphatic carbocycles. The van der Waals surface area contributed by atoms with Crippen molar-refractivity contribution in [3.8, 4) is 5.75 Å². The Morgan fingerprint density at radius 1 is 0.939 bits per heavy atom. The third kappa shape index (κ3) is 5.24. The molecule has 11 heteroatoms. The fraction of sp³-hybridized carbons (Fsp3) is 0.500. The van der Waals surface area contributed by atoms with E-state index < -0.39 is 42.0 Å². The van der Waals surface area contributed by atoms with Crippen LogP contribution >= 0.6 is 0 Å². The largest absolute Gasteiger partial charge is 0.492 e. The average Bonchev–Trinajstić information content (AvgIpc) is 2.96. The Hall–Kier alpha value is -3.63. The van der Waals surface area contributed by atoms with Crippen LogP contribution in [0.25, 0.3) is 0 Å². The van der Waals surface area contributed by atoms with Gasteiger partial charge in [0.25, 0.3) is 0 Å². The van der Waals surface area contributed by atoms with Crippen LogP contribution in [0.3, 0.4) is 0 Å². The van der Waals surface area contributed by atoms with Gasteiger partial charge >= 0.3 is 23.9 Å². The summed E-state index contributed by atoms with van der Waals surface area (Å²) >= 11 is 0. The molecule has 0 bridgehead atoms. The summed E-state index contributed by atoms with van der Waals surface area (Å²) in [6.45, 7) is 7.76. The minimum absolute atomic E-state index is 0.142. The summed E-state index contributed by atoms with van der Waals surface area (Å²) in [5.41, 5.74) is -0.483. The smallest absolute Gasteiger partial charge is 0.410 e. The van der Waals surface area contributed by atoms with Crippen molar-refractivity contribution in [2.24, 2.45) is 0 Å². The van der Waals surface area contributed by atoms with Crippen molar-refractivity contribution in [2.45, 2.75) is 33.3 Å². The van der Waals surface area contributed by atoms with Gasteiger partial charge < -0.3 is 19.3 Å². The SMILES string of the molecule is CCOc1ccccc1N1C(=O)C(=O)N(CC(=O)N2CCN(C(=O)OC(C)(C)C)CC2)C1=O. The summed E-state index contributed by atoms with van der Waals surface area (Å²) in [5, 5.41) is 0. The van der Waals surface area contributed by atoms with Crippen molar-refractivity contribution in [3.05, 3.63) is 24.3 Å². The number of rotatable bonds is 5. The van der Waals surface area contributed by atoms with Crippen LogP contribution in [0, 0.1) is 0 Å². The highest BCUT2D eigenvalue weighted by Gasteiger charge is 2.47. The molecule has 6 amide bonds. The number of hydrogen-bond acceptors (Lipinski definition) is 7. The highest BCUT2D eigenvalue weighted by atomic mass is 16.6. The van der Waals surface area contributed by atoms with E-state index >= 15 is 0 Å². The first-order valence-electron chi connectivity index (χ1n) is 10.7. The molecule has 0 atom stereocenters. The lowest BCUT2D eigenvalue weighted by atomic mass is 10.2. The molecule has 2 aliphatic rings. The number of nitrogens with zero attached hydrogens (tertiary/aromatic N) is 4. The molecule has 2 aliphatic heterocycles. The lowest BCUT2D eigenvalue weighted by Crippen LogP contribution is -2.53. The third-order valence-electron chi connectivity index (χ3n) is 5.04. The van der Waals surface area contributed by atoms with E-state index in [4.69, 9.17) is 9.47 Å². The van der Waals surface area contributed by atoms with E-state index in [9.17, 15) is 24.0 Å². The summed E-state index contributed by atoms with van der Waals surface area (Å²) < 4.78 is 10.8. The predicted molar refractivity (Wildman–Crippen MR) is 117 cm³/mol. The van der Waals surface area contributed by atoms with Crippen molar-refractivity contribution in [1.82, 2.24) is 14.7 Å². The van der Waals surface area contributed by atoms with Crippen LogP contribution in [0.5, 0.6) is 5.75 Å². The Balaban J connectivity index is 1.64. The van der Waals surface area contributed by atoms with Gasteiger partial charge in [0.05, 0.1) is 12.3 Å². The normalized spacial score (nSPS) is 17.0. The number of piperazine rings is 1. The van der Waals surface area contributed by atoms with E-state index in [0.717, 1.165) is 4.90 Å². The summed E-state index contributed by atoms with van der Waals surface area (Å²) in [6.07, 6.45) is -0.464. The molecule has 0 saturated carbocycles. The van der Waals surface area contributed by atoms with Gasteiger partial charge in [-0.1, -0.05) is 12.1 Å². The minimum atomic E-state index is -1.08. The summed E-state index contributed by atoms with van der Waals surface area (Å²) in [4.78, 5) is 67.2. The van der Waals surface area contributed by atoms with Crippen LogP contribution in [0.2, 0.25) is 0 Å². The molecule has 0 aromatic heterocycles. The van der Waals surface area contributed by atoms with Crippen LogP contribution < -0.4 is 9.64 Å². The molecule has 0 unspecified atom stereocenters. The van der Waals surface area contributed by atoms with E-state index in [2.05, 4.69) is 0 Å². The Bertz CT molecular complexity index is 964. The Morgan fingerprint density at radius 2 is 1.55 bits per heavy atom. The lowest BCUT2D eigenvalue weighted by molar-refractivity contribution is -0.142. The van der Waals surface area contributed by atoms with Crippen LogP contribution in [0.4, 0.5) is 15.3 Å². The second-order valence-corrected chi connectivity index (χ2v) is 8.56. The van der Waals surface area contributed by atoms with Gasteiger partial charge in [0, 0.05) is 26.2 Å². The van der Waals surface area contributed by atoms with E-state index in [1.54, 1.807) is 45.9 Å². The lowest BCUT2D eigenvalue weighted by Gasteiger charge is -2.36. The number of urea groups is 1. The Labute approximate surface area is 191 Å². The first-order valence-corrected chi connectivity index (χ1v) is 10.7. The van der Waals surface area contributed by atoms with Gasteiger partial charge in [-0.25, -0.2) is 19.4 Å². The summed E-state index contributed by atoms with van der Waals surface area (Å²) in [5.74, 6) is -2.34. The number of para-hydroxylation sites is 2. The molecule has 178 valence electrons. The van der Waals surface area contributed by atoms with E-state index in [1.165, 1.54) is 15.9 Å². The molecular formula is C22H28N4O7. The number of carbonyl (C=O) groups is 5. The average molecular weight is 460 g/mol. The van der Waals surface area contributed by atoms with Gasteiger partial charge in [0.15, 0.2) is 0 Å². The monoisotopic (exact) mass is 460 g/mol. The predicted octanol–water partition coefficient (Wildman–Crippen LogP) is 1.46. The van der Waals surface area contributed by atoms with Gasteiger partial charge in [-0.3, -0.25) is 14.4 Å². The van der Waals surface area contributed by atoms with E-state index in [-0.39, 0.29) is 37.6 Å². The molecule has 0 radical (unpaired) electrons. The second kappa shape index (κ2) is 9.47. The molecule has 33 heavy (non-hydrogen) atoms. The van der Waals surface area contributed by atoms with Crippen LogP contribution in [-0.2, 0) is 19.1 Å². The first-order chi connectivity index (χ1) is 15.5. The van der Waals surface area contributed by atoms with Crippen molar-refractivity contribution >= 4 is 35.5 Å². The molecule has 0 N–H and O–H groups in total. The van der Waals surface area contributed by atoms with Gasteiger partial charge in [-0.15, -0.1) is 0 Å². The molecule has 1 aromatic rings. The molecule has 1 aromatic carbocycles. The fourth-order valence-electron chi connectivity index (χ4n) is 3.48. The highest BCUT2D eigenvalue weighted by Crippen LogP contribution is 2.31. The molecule has 2 saturated heterocycles. The quantitative estimate of drug-likeness (QED) is 0.482. The minimum Gasteiger partial charge on any atom is -0.492 e.